The van der Waals surface area contributed by atoms with Gasteiger partial charge in [-0.15, -0.1) is 6.42 Å². The average molecular weight is 251 g/mol. The van der Waals surface area contributed by atoms with E-state index in [1.807, 2.05) is 0 Å². The van der Waals surface area contributed by atoms with E-state index in [-0.39, 0.29) is 11.5 Å². The van der Waals surface area contributed by atoms with E-state index in [1.54, 1.807) is 24.3 Å². The molecule has 0 saturated heterocycles. The number of terminal acetylenes is 1. The van der Waals surface area contributed by atoms with Crippen LogP contribution in [0.5, 0.6) is 11.5 Å². The number of nitrogens with zero attached hydrogens (tertiary/aromatic N) is 1. The lowest BCUT2D eigenvalue weighted by atomic mass is 10.2. The zero-order valence-corrected chi connectivity index (χ0v) is 9.79. The minimum Gasteiger partial charge on any atom is -0.508 e. The average Bonchev–Trinajstić information content (AvgIpc) is 2.82. The summed E-state index contributed by atoms with van der Waals surface area (Å²) in [5, 5.41) is 18.8. The Bertz CT molecular complexity index is 795. The number of phenolic OH excluding ortho intramolecular Hbond substituents is 2. The largest absolute Gasteiger partial charge is 0.508 e. The Hall–Kier alpha value is -2.93. The van der Waals surface area contributed by atoms with Gasteiger partial charge in [0.2, 0.25) is 5.89 Å². The van der Waals surface area contributed by atoms with Gasteiger partial charge < -0.3 is 14.6 Å². The predicted octanol–water partition coefficient (Wildman–Crippen LogP) is 2.89. The fourth-order valence-corrected chi connectivity index (χ4v) is 1.85. The van der Waals surface area contributed by atoms with Crippen LogP contribution in [0.3, 0.4) is 0 Å². The zero-order chi connectivity index (χ0) is 13.4. The molecule has 4 nitrogen and oxygen atoms in total. The Morgan fingerprint density at radius 3 is 2.47 bits per heavy atom. The third-order valence-electron chi connectivity index (χ3n) is 2.74. The maximum absolute atomic E-state index is 9.55. The number of hydrogen-bond donors (Lipinski definition) is 2. The molecule has 0 radical (unpaired) electrons. The second-order valence-electron chi connectivity index (χ2n) is 4.05. The van der Waals surface area contributed by atoms with E-state index in [9.17, 15) is 10.2 Å². The molecule has 0 spiro atoms. The number of benzene rings is 2. The quantitative estimate of drug-likeness (QED) is 0.652. The summed E-state index contributed by atoms with van der Waals surface area (Å²) in [6.07, 6.45) is 5.37. The lowest BCUT2D eigenvalue weighted by molar-refractivity contribution is 0.474. The van der Waals surface area contributed by atoms with Gasteiger partial charge in [0.25, 0.3) is 0 Å². The van der Waals surface area contributed by atoms with E-state index in [0.29, 0.717) is 22.6 Å². The van der Waals surface area contributed by atoms with E-state index in [0.717, 1.165) is 5.56 Å². The molecule has 19 heavy (non-hydrogen) atoms. The molecule has 0 bridgehead atoms. The highest BCUT2D eigenvalue weighted by Gasteiger charge is 2.12. The van der Waals surface area contributed by atoms with Crippen LogP contribution < -0.4 is 0 Å². The number of aromatic nitrogens is 1. The molecular weight excluding hydrogens is 242 g/mol. The van der Waals surface area contributed by atoms with Gasteiger partial charge in [0, 0.05) is 11.6 Å². The Balaban J connectivity index is 2.22. The van der Waals surface area contributed by atoms with Crippen LogP contribution in [0.1, 0.15) is 5.56 Å². The number of oxazole rings is 1. The second-order valence-corrected chi connectivity index (χ2v) is 4.05. The van der Waals surface area contributed by atoms with E-state index in [2.05, 4.69) is 10.9 Å². The molecule has 2 aromatic carbocycles. The maximum atomic E-state index is 9.55. The van der Waals surface area contributed by atoms with Crippen molar-refractivity contribution < 1.29 is 14.6 Å². The zero-order valence-electron chi connectivity index (χ0n) is 9.79. The summed E-state index contributed by atoms with van der Waals surface area (Å²) in [5.41, 5.74) is 2.13. The van der Waals surface area contributed by atoms with E-state index >= 15 is 0 Å². The SMILES string of the molecule is C#Cc1cc(O)cc2nc(-c3ccc(O)cc3)oc12. The first-order valence-electron chi connectivity index (χ1n) is 5.57. The number of phenols is 2. The van der Waals surface area contributed by atoms with Gasteiger partial charge in [-0.25, -0.2) is 4.98 Å². The third-order valence-corrected chi connectivity index (χ3v) is 2.74. The summed E-state index contributed by atoms with van der Waals surface area (Å²) >= 11 is 0. The molecule has 3 rings (SSSR count). The number of hydrogen-bond acceptors (Lipinski definition) is 4. The second kappa shape index (κ2) is 4.07. The number of aromatic hydroxyl groups is 2. The van der Waals surface area contributed by atoms with Gasteiger partial charge in [0.1, 0.15) is 17.0 Å². The van der Waals surface area contributed by atoms with Crippen molar-refractivity contribution in [3.63, 3.8) is 0 Å². The highest BCUT2D eigenvalue weighted by atomic mass is 16.3. The van der Waals surface area contributed by atoms with Gasteiger partial charge in [0.15, 0.2) is 5.58 Å². The molecule has 2 N–H and O–H groups in total. The summed E-state index contributed by atoms with van der Waals surface area (Å²) in [5.74, 6) is 3.05. The first-order chi connectivity index (χ1) is 9.17. The van der Waals surface area contributed by atoms with Crippen LogP contribution in [0.2, 0.25) is 0 Å². The molecular formula is C15H9NO3. The molecule has 92 valence electrons. The van der Waals surface area contributed by atoms with Gasteiger partial charge in [-0.3, -0.25) is 0 Å². The Morgan fingerprint density at radius 1 is 1.05 bits per heavy atom. The van der Waals surface area contributed by atoms with Gasteiger partial charge in [0.05, 0.1) is 5.56 Å². The molecule has 0 saturated carbocycles. The van der Waals surface area contributed by atoms with Crippen molar-refractivity contribution >= 4 is 11.1 Å². The van der Waals surface area contributed by atoms with Crippen LogP contribution in [0.4, 0.5) is 0 Å². The van der Waals surface area contributed by atoms with Crippen molar-refractivity contribution in [1.29, 1.82) is 0 Å². The molecule has 0 aliphatic carbocycles. The summed E-state index contributed by atoms with van der Waals surface area (Å²) < 4.78 is 5.62. The van der Waals surface area contributed by atoms with E-state index < -0.39 is 0 Å². The van der Waals surface area contributed by atoms with Crippen LogP contribution in [-0.2, 0) is 0 Å². The standard InChI is InChI=1S/C15H9NO3/c1-2-9-7-12(18)8-13-14(9)19-15(16-13)10-3-5-11(17)6-4-10/h1,3-8,17-18H. The molecule has 0 unspecified atom stereocenters. The van der Waals surface area contributed by atoms with Crippen molar-refractivity contribution in [2.75, 3.05) is 0 Å². The highest BCUT2D eigenvalue weighted by molar-refractivity contribution is 5.83. The lowest BCUT2D eigenvalue weighted by Gasteiger charge is -1.95. The summed E-state index contributed by atoms with van der Waals surface area (Å²) in [6.45, 7) is 0. The van der Waals surface area contributed by atoms with Crippen LogP contribution in [0, 0.1) is 12.3 Å². The van der Waals surface area contributed by atoms with Gasteiger partial charge in [-0.05, 0) is 30.3 Å². The minimum absolute atomic E-state index is 0.0472. The van der Waals surface area contributed by atoms with Crippen molar-refractivity contribution in [1.82, 2.24) is 4.98 Å². The fourth-order valence-electron chi connectivity index (χ4n) is 1.85. The fraction of sp³-hybridized carbons (Fsp3) is 0. The first-order valence-corrected chi connectivity index (χ1v) is 5.57. The van der Waals surface area contributed by atoms with Gasteiger partial charge >= 0.3 is 0 Å². The first kappa shape index (κ1) is 11.2. The van der Waals surface area contributed by atoms with Crippen molar-refractivity contribution in [3.05, 3.63) is 42.0 Å². The molecule has 0 atom stereocenters. The molecule has 0 fully saturated rings. The van der Waals surface area contributed by atoms with Crippen molar-refractivity contribution in [2.24, 2.45) is 0 Å². The molecule has 0 aliphatic heterocycles. The molecule has 3 aromatic rings. The third kappa shape index (κ3) is 1.87. The van der Waals surface area contributed by atoms with E-state index in [1.165, 1.54) is 12.1 Å². The Morgan fingerprint density at radius 2 is 1.79 bits per heavy atom. The Labute approximate surface area is 109 Å². The molecule has 1 heterocycles. The smallest absolute Gasteiger partial charge is 0.227 e. The predicted molar refractivity (Wildman–Crippen MR) is 70.7 cm³/mol. The molecule has 0 amide bonds. The van der Waals surface area contributed by atoms with Crippen LogP contribution in [0.25, 0.3) is 22.6 Å². The minimum atomic E-state index is 0.0472. The summed E-state index contributed by atoms with van der Waals surface area (Å²) in [4.78, 5) is 4.28. The van der Waals surface area contributed by atoms with E-state index in [4.69, 9.17) is 10.8 Å². The topological polar surface area (TPSA) is 66.5 Å². The summed E-state index contributed by atoms with van der Waals surface area (Å²) in [6, 6.07) is 9.41. The maximum Gasteiger partial charge on any atom is 0.227 e. The number of fused-ring (bicyclic) bond motifs is 1. The number of rotatable bonds is 1. The van der Waals surface area contributed by atoms with Crippen LogP contribution in [0.15, 0.2) is 40.8 Å². The summed E-state index contributed by atoms with van der Waals surface area (Å²) in [7, 11) is 0. The van der Waals surface area contributed by atoms with Crippen molar-refractivity contribution in [2.45, 2.75) is 0 Å². The molecule has 0 aliphatic rings. The Kier molecular flexibility index (Phi) is 2.39. The monoisotopic (exact) mass is 251 g/mol. The van der Waals surface area contributed by atoms with Crippen molar-refractivity contribution in [3.8, 4) is 35.3 Å². The molecule has 4 heteroatoms. The van der Waals surface area contributed by atoms with Crippen LogP contribution >= 0.6 is 0 Å². The highest BCUT2D eigenvalue weighted by Crippen LogP contribution is 2.29. The van der Waals surface area contributed by atoms with Crippen LogP contribution in [-0.4, -0.2) is 15.2 Å². The van der Waals surface area contributed by atoms with Gasteiger partial charge in [-0.1, -0.05) is 5.92 Å². The lowest BCUT2D eigenvalue weighted by Crippen LogP contribution is -1.76. The van der Waals surface area contributed by atoms with Gasteiger partial charge in [-0.2, -0.15) is 0 Å². The molecule has 1 aromatic heterocycles. The normalized spacial score (nSPS) is 10.5.